The van der Waals surface area contributed by atoms with Crippen molar-refractivity contribution >= 4 is 23.1 Å². The van der Waals surface area contributed by atoms with Crippen LogP contribution in [0, 0.1) is 25.6 Å². The van der Waals surface area contributed by atoms with Crippen LogP contribution in [0.25, 0.3) is 5.57 Å². The van der Waals surface area contributed by atoms with E-state index in [9.17, 15) is 14.0 Å². The Bertz CT molecular complexity index is 1010. The summed E-state index contributed by atoms with van der Waals surface area (Å²) in [6.07, 6.45) is 2.11. The number of piperidine rings is 1. The number of hydrogen-bond donors (Lipinski definition) is 0. The van der Waals surface area contributed by atoms with Gasteiger partial charge in [-0.3, -0.25) is 9.59 Å². The second-order valence-electron chi connectivity index (χ2n) is 8.16. The van der Waals surface area contributed by atoms with Crippen molar-refractivity contribution < 1.29 is 14.0 Å². The standard InChI is InChI=1S/C24H25FN2O2/c1-15-6-11-20(17(3)13-15)21-22(26-12-4-5-16(2)14-26)24(29)27(23(21)28)19-9-7-18(25)8-10-19/h6-11,13,16H,4-5,12,14H2,1-3H3. The molecule has 1 saturated heterocycles. The predicted molar refractivity (Wildman–Crippen MR) is 112 cm³/mol. The number of amides is 2. The van der Waals surface area contributed by atoms with Gasteiger partial charge in [-0.25, -0.2) is 9.29 Å². The quantitative estimate of drug-likeness (QED) is 0.724. The van der Waals surface area contributed by atoms with Crippen molar-refractivity contribution in [2.75, 3.05) is 18.0 Å². The van der Waals surface area contributed by atoms with Gasteiger partial charge in [0.15, 0.2) is 0 Å². The highest BCUT2D eigenvalue weighted by Gasteiger charge is 2.43. The van der Waals surface area contributed by atoms with Crippen LogP contribution in [-0.2, 0) is 9.59 Å². The van der Waals surface area contributed by atoms with E-state index in [2.05, 4.69) is 11.8 Å². The molecule has 5 heteroatoms. The molecule has 2 aromatic rings. The third-order valence-corrected chi connectivity index (χ3v) is 5.77. The van der Waals surface area contributed by atoms with Crippen LogP contribution in [0.5, 0.6) is 0 Å². The van der Waals surface area contributed by atoms with E-state index < -0.39 is 5.82 Å². The molecule has 1 unspecified atom stereocenters. The Kier molecular flexibility index (Phi) is 4.99. The normalized spacial score (nSPS) is 20.1. The smallest absolute Gasteiger partial charge is 0.282 e. The van der Waals surface area contributed by atoms with E-state index in [1.54, 1.807) is 0 Å². The van der Waals surface area contributed by atoms with Crippen LogP contribution in [0.15, 0.2) is 48.2 Å². The van der Waals surface area contributed by atoms with Gasteiger partial charge in [0.2, 0.25) is 0 Å². The molecule has 150 valence electrons. The molecule has 0 spiro atoms. The number of likely N-dealkylation sites (tertiary alicyclic amines) is 1. The third-order valence-electron chi connectivity index (χ3n) is 5.77. The zero-order valence-corrected chi connectivity index (χ0v) is 17.0. The molecular formula is C24H25FN2O2. The fourth-order valence-electron chi connectivity index (χ4n) is 4.37. The average molecular weight is 392 g/mol. The van der Waals surface area contributed by atoms with Crippen LogP contribution in [0.3, 0.4) is 0 Å². The Morgan fingerprint density at radius 2 is 1.72 bits per heavy atom. The van der Waals surface area contributed by atoms with Crippen molar-refractivity contribution in [1.29, 1.82) is 0 Å². The number of aryl methyl sites for hydroxylation is 2. The molecule has 1 atom stereocenters. The van der Waals surface area contributed by atoms with Crippen molar-refractivity contribution in [3.8, 4) is 0 Å². The Balaban J connectivity index is 1.85. The fraction of sp³-hybridized carbons (Fsp3) is 0.333. The maximum atomic E-state index is 13.5. The second-order valence-corrected chi connectivity index (χ2v) is 8.16. The predicted octanol–water partition coefficient (Wildman–Crippen LogP) is 4.46. The highest BCUT2D eigenvalue weighted by atomic mass is 19.1. The topological polar surface area (TPSA) is 40.6 Å². The van der Waals surface area contributed by atoms with Gasteiger partial charge in [0.1, 0.15) is 11.5 Å². The Morgan fingerprint density at radius 3 is 2.38 bits per heavy atom. The Morgan fingerprint density at radius 1 is 1.00 bits per heavy atom. The summed E-state index contributed by atoms with van der Waals surface area (Å²) < 4.78 is 13.4. The van der Waals surface area contributed by atoms with E-state index >= 15 is 0 Å². The maximum absolute atomic E-state index is 13.5. The lowest BCUT2D eigenvalue weighted by atomic mass is 9.95. The summed E-state index contributed by atoms with van der Waals surface area (Å²) in [6, 6.07) is 11.4. The molecule has 2 aliphatic rings. The van der Waals surface area contributed by atoms with Gasteiger partial charge < -0.3 is 4.90 Å². The van der Waals surface area contributed by atoms with Gasteiger partial charge >= 0.3 is 0 Å². The van der Waals surface area contributed by atoms with Crippen LogP contribution < -0.4 is 4.90 Å². The summed E-state index contributed by atoms with van der Waals surface area (Å²) in [5.41, 5.74) is 4.16. The molecule has 2 aliphatic heterocycles. The molecule has 0 saturated carbocycles. The van der Waals surface area contributed by atoms with E-state index in [1.165, 1.54) is 29.2 Å². The SMILES string of the molecule is Cc1ccc(C2=C(N3CCCC(C)C3)C(=O)N(c3ccc(F)cc3)C2=O)c(C)c1. The molecule has 4 rings (SSSR count). The van der Waals surface area contributed by atoms with Gasteiger partial charge in [0, 0.05) is 13.1 Å². The first-order chi connectivity index (χ1) is 13.9. The molecule has 0 radical (unpaired) electrons. The Hall–Kier alpha value is -2.95. The summed E-state index contributed by atoms with van der Waals surface area (Å²) in [7, 11) is 0. The van der Waals surface area contributed by atoms with E-state index in [0.29, 0.717) is 22.9 Å². The van der Waals surface area contributed by atoms with Crippen LogP contribution in [0.4, 0.5) is 10.1 Å². The highest BCUT2D eigenvalue weighted by molar-refractivity contribution is 6.45. The van der Waals surface area contributed by atoms with Crippen molar-refractivity contribution in [3.05, 3.63) is 70.7 Å². The van der Waals surface area contributed by atoms with E-state index in [1.807, 2.05) is 32.0 Å². The Labute approximate surface area is 170 Å². The monoisotopic (exact) mass is 392 g/mol. The number of rotatable bonds is 3. The summed E-state index contributed by atoms with van der Waals surface area (Å²) >= 11 is 0. The molecule has 0 N–H and O–H groups in total. The van der Waals surface area contributed by atoms with Crippen LogP contribution in [0.1, 0.15) is 36.5 Å². The lowest BCUT2D eigenvalue weighted by Crippen LogP contribution is -2.39. The largest absolute Gasteiger partial charge is 0.366 e. The van der Waals surface area contributed by atoms with Crippen LogP contribution in [0.2, 0.25) is 0 Å². The number of nitrogens with zero attached hydrogens (tertiary/aromatic N) is 2. The van der Waals surface area contributed by atoms with E-state index in [4.69, 9.17) is 0 Å². The molecule has 0 aliphatic carbocycles. The molecular weight excluding hydrogens is 367 g/mol. The zero-order valence-electron chi connectivity index (χ0n) is 17.0. The van der Waals surface area contributed by atoms with Crippen molar-refractivity contribution in [2.45, 2.75) is 33.6 Å². The average Bonchev–Trinajstić information content (AvgIpc) is 2.93. The molecule has 2 amide bonds. The molecule has 4 nitrogen and oxygen atoms in total. The molecule has 2 aromatic carbocycles. The van der Waals surface area contributed by atoms with Gasteiger partial charge in [-0.1, -0.05) is 30.7 Å². The fourth-order valence-corrected chi connectivity index (χ4v) is 4.37. The molecule has 29 heavy (non-hydrogen) atoms. The molecule has 0 aromatic heterocycles. The number of carbonyl (C=O) groups excluding carboxylic acids is 2. The second kappa shape index (κ2) is 7.47. The zero-order chi connectivity index (χ0) is 20.7. The number of halogens is 1. The van der Waals surface area contributed by atoms with Crippen LogP contribution >= 0.6 is 0 Å². The minimum Gasteiger partial charge on any atom is -0.366 e. The number of carbonyl (C=O) groups is 2. The first kappa shape index (κ1) is 19.4. The summed E-state index contributed by atoms with van der Waals surface area (Å²) in [5, 5.41) is 0. The van der Waals surface area contributed by atoms with Gasteiger partial charge in [0.05, 0.1) is 11.3 Å². The summed E-state index contributed by atoms with van der Waals surface area (Å²) in [5.74, 6) is -0.618. The number of hydrogen-bond acceptors (Lipinski definition) is 3. The van der Waals surface area contributed by atoms with Gasteiger partial charge in [-0.2, -0.15) is 0 Å². The number of benzene rings is 2. The lowest BCUT2D eigenvalue weighted by Gasteiger charge is -2.33. The summed E-state index contributed by atoms with van der Waals surface area (Å²) in [6.45, 7) is 7.64. The van der Waals surface area contributed by atoms with E-state index in [0.717, 1.165) is 42.6 Å². The maximum Gasteiger partial charge on any atom is 0.282 e. The van der Waals surface area contributed by atoms with Gasteiger partial charge in [-0.15, -0.1) is 0 Å². The third kappa shape index (κ3) is 3.46. The van der Waals surface area contributed by atoms with Crippen molar-refractivity contribution in [1.82, 2.24) is 4.90 Å². The lowest BCUT2D eigenvalue weighted by molar-refractivity contribution is -0.120. The molecule has 1 fully saturated rings. The summed E-state index contributed by atoms with van der Waals surface area (Å²) in [4.78, 5) is 30.2. The highest BCUT2D eigenvalue weighted by Crippen LogP contribution is 2.37. The van der Waals surface area contributed by atoms with Gasteiger partial charge in [0.25, 0.3) is 11.8 Å². The van der Waals surface area contributed by atoms with Gasteiger partial charge in [-0.05, 0) is 68.0 Å². The minimum atomic E-state index is -0.402. The van der Waals surface area contributed by atoms with Crippen molar-refractivity contribution in [2.24, 2.45) is 5.92 Å². The molecule has 0 bridgehead atoms. The molecule has 2 heterocycles. The number of anilines is 1. The first-order valence-corrected chi connectivity index (χ1v) is 10.1. The van der Waals surface area contributed by atoms with Crippen LogP contribution in [-0.4, -0.2) is 29.8 Å². The first-order valence-electron chi connectivity index (χ1n) is 10.1. The minimum absolute atomic E-state index is 0.328. The van der Waals surface area contributed by atoms with E-state index in [-0.39, 0.29) is 11.8 Å². The number of imide groups is 1. The van der Waals surface area contributed by atoms with Crippen molar-refractivity contribution in [3.63, 3.8) is 0 Å².